The van der Waals surface area contributed by atoms with Crippen LogP contribution in [0.3, 0.4) is 0 Å². The standard InChI is InChI=1S/C15H17N3O4S/c1-4-22-11-6-5-10(7-12(11)21-3)8-13(14(19)20)23-15-16-9(2)17-18-15/h5-8H,4H2,1-3H3,(H,19,20)(H,16,17,18)/p-1/b13-8-. The highest BCUT2D eigenvalue weighted by molar-refractivity contribution is 8.04. The number of aromatic nitrogens is 3. The molecule has 0 bridgehead atoms. The maximum absolute atomic E-state index is 11.3. The molecule has 0 unspecified atom stereocenters. The zero-order valence-corrected chi connectivity index (χ0v) is 13.8. The number of aryl methyl sites for hydroxylation is 1. The zero-order valence-electron chi connectivity index (χ0n) is 13.0. The normalized spacial score (nSPS) is 11.3. The Balaban J connectivity index is 2.29. The molecule has 23 heavy (non-hydrogen) atoms. The van der Waals surface area contributed by atoms with Gasteiger partial charge in [0.15, 0.2) is 11.5 Å². The van der Waals surface area contributed by atoms with Gasteiger partial charge in [-0.3, -0.25) is 5.10 Å². The predicted octanol–water partition coefficient (Wildman–Crippen LogP) is 1.40. The highest BCUT2D eigenvalue weighted by Crippen LogP contribution is 2.31. The van der Waals surface area contributed by atoms with Gasteiger partial charge in [0.2, 0.25) is 5.16 Å². The van der Waals surface area contributed by atoms with Gasteiger partial charge in [-0.05, 0) is 49.4 Å². The Morgan fingerprint density at radius 3 is 2.78 bits per heavy atom. The molecule has 7 nitrogen and oxygen atoms in total. The van der Waals surface area contributed by atoms with Crippen molar-refractivity contribution < 1.29 is 19.4 Å². The van der Waals surface area contributed by atoms with Crippen LogP contribution in [0.15, 0.2) is 28.3 Å². The molecule has 1 aromatic carbocycles. The molecule has 0 atom stereocenters. The molecular weight excluding hydrogens is 318 g/mol. The molecule has 2 rings (SSSR count). The minimum Gasteiger partial charge on any atom is -0.544 e. The van der Waals surface area contributed by atoms with E-state index in [2.05, 4.69) is 15.2 Å². The Morgan fingerprint density at radius 2 is 2.22 bits per heavy atom. The highest BCUT2D eigenvalue weighted by Gasteiger charge is 2.09. The molecule has 0 amide bonds. The number of aliphatic carboxylic acids is 1. The van der Waals surface area contributed by atoms with Crippen LogP contribution in [0.1, 0.15) is 18.3 Å². The molecule has 8 heteroatoms. The van der Waals surface area contributed by atoms with Gasteiger partial charge in [0.1, 0.15) is 5.82 Å². The lowest BCUT2D eigenvalue weighted by atomic mass is 10.2. The topological polar surface area (TPSA) is 100 Å². The molecule has 0 saturated heterocycles. The van der Waals surface area contributed by atoms with E-state index in [1.54, 1.807) is 25.1 Å². The summed E-state index contributed by atoms with van der Waals surface area (Å²) in [6, 6.07) is 5.15. The SMILES string of the molecule is CCOc1ccc(/C=C(\Sc2n[nH]c(C)n2)C(=O)[O-])cc1OC. The van der Waals surface area contributed by atoms with E-state index in [1.165, 1.54) is 13.2 Å². The van der Waals surface area contributed by atoms with Crippen molar-refractivity contribution in [1.29, 1.82) is 0 Å². The second kappa shape index (κ2) is 7.68. The van der Waals surface area contributed by atoms with Gasteiger partial charge in [-0.2, -0.15) is 0 Å². The highest BCUT2D eigenvalue weighted by atomic mass is 32.2. The number of nitrogens with zero attached hydrogens (tertiary/aromatic N) is 2. The number of thioether (sulfide) groups is 1. The lowest BCUT2D eigenvalue weighted by molar-refractivity contribution is -0.297. The summed E-state index contributed by atoms with van der Waals surface area (Å²) in [5, 5.41) is 18.2. The third-order valence-corrected chi connectivity index (χ3v) is 3.63. The van der Waals surface area contributed by atoms with Crippen LogP contribution in [0.2, 0.25) is 0 Å². The molecule has 0 spiro atoms. The third-order valence-electron chi connectivity index (χ3n) is 2.76. The largest absolute Gasteiger partial charge is 0.544 e. The summed E-state index contributed by atoms with van der Waals surface area (Å²) >= 11 is 0.914. The Bertz CT molecular complexity index is 727. The summed E-state index contributed by atoms with van der Waals surface area (Å²) in [6.07, 6.45) is 1.48. The zero-order chi connectivity index (χ0) is 16.8. The average Bonchev–Trinajstić information content (AvgIpc) is 2.93. The van der Waals surface area contributed by atoms with E-state index < -0.39 is 5.97 Å². The summed E-state index contributed by atoms with van der Waals surface area (Å²) in [5.41, 5.74) is 0.643. The molecule has 0 aliphatic carbocycles. The number of benzene rings is 1. The van der Waals surface area contributed by atoms with Crippen molar-refractivity contribution in [2.75, 3.05) is 13.7 Å². The second-order valence-electron chi connectivity index (χ2n) is 4.44. The third kappa shape index (κ3) is 4.49. The Morgan fingerprint density at radius 1 is 1.43 bits per heavy atom. The van der Waals surface area contributed by atoms with Crippen molar-refractivity contribution in [3.63, 3.8) is 0 Å². The van der Waals surface area contributed by atoms with Gasteiger partial charge >= 0.3 is 0 Å². The molecule has 1 N–H and O–H groups in total. The van der Waals surface area contributed by atoms with Crippen LogP contribution in [-0.2, 0) is 4.79 Å². The first-order chi connectivity index (χ1) is 11.0. The molecule has 2 aromatic rings. The molecule has 0 saturated carbocycles. The average molecular weight is 334 g/mol. The number of hydrogen-bond donors (Lipinski definition) is 1. The number of aromatic amines is 1. The maximum atomic E-state index is 11.3. The maximum Gasteiger partial charge on any atom is 0.213 e. The first-order valence-electron chi connectivity index (χ1n) is 6.84. The van der Waals surface area contributed by atoms with Gasteiger partial charge < -0.3 is 19.4 Å². The van der Waals surface area contributed by atoms with Crippen LogP contribution >= 0.6 is 11.8 Å². The number of carbonyl (C=O) groups is 1. The van der Waals surface area contributed by atoms with Crippen molar-refractivity contribution in [3.05, 3.63) is 34.5 Å². The van der Waals surface area contributed by atoms with Gasteiger partial charge in [-0.15, -0.1) is 5.10 Å². The minimum absolute atomic E-state index is 0.00443. The number of carboxylic acids is 1. The first-order valence-corrected chi connectivity index (χ1v) is 7.66. The summed E-state index contributed by atoms with van der Waals surface area (Å²) < 4.78 is 10.7. The van der Waals surface area contributed by atoms with Crippen LogP contribution in [0.4, 0.5) is 0 Å². The van der Waals surface area contributed by atoms with Gasteiger partial charge in [0.25, 0.3) is 0 Å². The van der Waals surface area contributed by atoms with Crippen molar-refractivity contribution >= 4 is 23.8 Å². The van der Waals surface area contributed by atoms with Crippen LogP contribution in [0, 0.1) is 6.92 Å². The number of H-pyrrole nitrogens is 1. The van der Waals surface area contributed by atoms with E-state index in [4.69, 9.17) is 9.47 Å². The van der Waals surface area contributed by atoms with Gasteiger partial charge in [0, 0.05) is 4.91 Å². The molecule has 1 aromatic heterocycles. The minimum atomic E-state index is -1.30. The Hall–Kier alpha value is -2.48. The van der Waals surface area contributed by atoms with Crippen molar-refractivity contribution in [2.45, 2.75) is 19.0 Å². The number of carbonyl (C=O) groups excluding carboxylic acids is 1. The van der Waals surface area contributed by atoms with Crippen LogP contribution in [0.5, 0.6) is 11.5 Å². The quantitative estimate of drug-likeness (QED) is 0.603. The van der Waals surface area contributed by atoms with Crippen LogP contribution < -0.4 is 14.6 Å². The smallest absolute Gasteiger partial charge is 0.213 e. The van der Waals surface area contributed by atoms with Gasteiger partial charge in [0.05, 0.1) is 19.7 Å². The van der Waals surface area contributed by atoms with Crippen LogP contribution in [-0.4, -0.2) is 34.9 Å². The number of rotatable bonds is 7. The molecule has 1 heterocycles. The first kappa shape index (κ1) is 16.9. The second-order valence-corrected chi connectivity index (χ2v) is 5.45. The van der Waals surface area contributed by atoms with E-state index in [-0.39, 0.29) is 4.91 Å². The fourth-order valence-electron chi connectivity index (χ4n) is 1.80. The molecule has 0 aliphatic rings. The fraction of sp³-hybridized carbons (Fsp3) is 0.267. The molecule has 122 valence electrons. The molecular formula is C15H16N3O4S-. The van der Waals surface area contributed by atoms with E-state index in [1.807, 2.05) is 6.92 Å². The molecule has 0 radical (unpaired) electrons. The van der Waals surface area contributed by atoms with Crippen molar-refractivity contribution in [1.82, 2.24) is 15.2 Å². The summed E-state index contributed by atoms with van der Waals surface area (Å²) in [5.74, 6) is 0.426. The van der Waals surface area contributed by atoms with Crippen LogP contribution in [0.25, 0.3) is 6.08 Å². The number of methoxy groups -OCH3 is 1. The lowest BCUT2D eigenvalue weighted by Gasteiger charge is -2.11. The molecule has 0 aliphatic heterocycles. The van der Waals surface area contributed by atoms with E-state index in [0.717, 1.165) is 11.8 Å². The monoisotopic (exact) mass is 334 g/mol. The Kier molecular flexibility index (Phi) is 5.64. The van der Waals surface area contributed by atoms with Gasteiger partial charge in [-0.1, -0.05) is 6.07 Å². The summed E-state index contributed by atoms with van der Waals surface area (Å²) in [4.78, 5) is 15.4. The number of carboxylic acid groups (broad SMARTS) is 1. The number of hydrogen-bond acceptors (Lipinski definition) is 7. The summed E-state index contributed by atoms with van der Waals surface area (Å²) in [6.45, 7) is 4.11. The van der Waals surface area contributed by atoms with Gasteiger partial charge in [-0.25, -0.2) is 4.98 Å². The number of nitrogens with one attached hydrogen (secondary N) is 1. The Labute approximate surface area is 137 Å². The lowest BCUT2D eigenvalue weighted by Crippen LogP contribution is -2.23. The van der Waals surface area contributed by atoms with Crippen molar-refractivity contribution in [2.24, 2.45) is 0 Å². The van der Waals surface area contributed by atoms with Crippen molar-refractivity contribution in [3.8, 4) is 11.5 Å². The fourth-order valence-corrected chi connectivity index (χ4v) is 2.55. The van der Waals surface area contributed by atoms with E-state index in [0.29, 0.717) is 34.7 Å². The van der Waals surface area contributed by atoms with E-state index in [9.17, 15) is 9.90 Å². The molecule has 0 fully saturated rings. The van der Waals surface area contributed by atoms with E-state index >= 15 is 0 Å². The summed E-state index contributed by atoms with van der Waals surface area (Å²) in [7, 11) is 1.52. The predicted molar refractivity (Wildman–Crippen MR) is 84.1 cm³/mol. The number of ether oxygens (including phenoxy) is 2.